The number of rotatable bonds is 0. The summed E-state index contributed by atoms with van der Waals surface area (Å²) in [6, 6.07) is 0. The van der Waals surface area contributed by atoms with Crippen molar-refractivity contribution in [3.63, 3.8) is 0 Å². The lowest BCUT2D eigenvalue weighted by Crippen LogP contribution is -2.26. The van der Waals surface area contributed by atoms with Gasteiger partial charge in [-0.05, 0) is 0 Å². The molecular formula is C3H4N2O2. The molecule has 0 atom stereocenters. The summed E-state index contributed by atoms with van der Waals surface area (Å²) in [6.07, 6.45) is 0. The number of aryl methyl sites for hydroxylation is 2. The van der Waals surface area contributed by atoms with Crippen LogP contribution in [-0.2, 0) is 13.1 Å². The molecule has 0 saturated heterocycles. The summed E-state index contributed by atoms with van der Waals surface area (Å²) in [5, 5.41) is 0. The van der Waals surface area contributed by atoms with Gasteiger partial charge < -0.3 is 0 Å². The zero-order valence-corrected chi connectivity index (χ0v) is 3.63. The van der Waals surface area contributed by atoms with E-state index in [2.05, 4.69) is 4.63 Å². The Morgan fingerprint density at radius 3 is 2.14 bits per heavy atom. The van der Waals surface area contributed by atoms with Crippen LogP contribution in [0.15, 0.2) is 9.42 Å². The Hall–Kier alpha value is -0.930. The molecule has 0 saturated carbocycles. The van der Waals surface area contributed by atoms with Crippen LogP contribution in [0.3, 0.4) is 0 Å². The molecule has 38 valence electrons. The first kappa shape index (κ1) is 3.12. The Balaban J connectivity index is 2.82. The van der Waals surface area contributed by atoms with Crippen molar-refractivity contribution < 1.29 is 4.63 Å². The molecule has 1 aromatic heterocycles. The quantitative estimate of drug-likeness (QED) is 0.430. The van der Waals surface area contributed by atoms with Crippen molar-refractivity contribution >= 4 is 0 Å². The van der Waals surface area contributed by atoms with Crippen molar-refractivity contribution in [3.8, 4) is 0 Å². The van der Waals surface area contributed by atoms with Gasteiger partial charge in [-0.1, -0.05) is 0 Å². The molecule has 0 fully saturated rings. The third kappa shape index (κ3) is 0.185. The molecule has 0 radical (unpaired) electrons. The molecule has 2 aliphatic heterocycles. The summed E-state index contributed by atoms with van der Waals surface area (Å²) >= 11 is 0. The normalized spacial score (nSPS) is 16.0. The highest BCUT2D eigenvalue weighted by Gasteiger charge is 2.18. The maximum absolute atomic E-state index is 10.4. The molecule has 7 heavy (non-hydrogen) atoms. The maximum atomic E-state index is 10.4. The number of hydrogen-bond acceptors (Lipinski definition) is 2. The van der Waals surface area contributed by atoms with Gasteiger partial charge >= 0.3 is 5.69 Å². The van der Waals surface area contributed by atoms with Gasteiger partial charge in [0.05, 0.1) is 13.1 Å². The Labute approximate surface area is 38.9 Å². The third-order valence-corrected chi connectivity index (χ3v) is 1.13. The molecule has 3 heterocycles. The van der Waals surface area contributed by atoms with Gasteiger partial charge in [-0.15, -0.1) is 9.48 Å². The maximum Gasteiger partial charge on any atom is 0.390 e. The van der Waals surface area contributed by atoms with E-state index in [4.69, 9.17) is 0 Å². The van der Waals surface area contributed by atoms with Crippen LogP contribution in [0.4, 0.5) is 0 Å². The second kappa shape index (κ2) is 0.685. The molecule has 2 aliphatic rings. The molecule has 0 aromatic carbocycles. The fourth-order valence-electron chi connectivity index (χ4n) is 0.735. The Bertz CT molecular complexity index is 208. The fourth-order valence-corrected chi connectivity index (χ4v) is 0.735. The first-order valence-electron chi connectivity index (χ1n) is 2.15. The molecule has 2 bridgehead atoms. The Kier molecular flexibility index (Phi) is 0.306. The van der Waals surface area contributed by atoms with Crippen LogP contribution in [0.2, 0.25) is 0 Å². The number of hydrogen-bond donors (Lipinski definition) is 0. The molecule has 0 N–H and O–H groups in total. The molecule has 0 spiro atoms. The van der Waals surface area contributed by atoms with Gasteiger partial charge in [-0.25, -0.2) is 4.79 Å². The fraction of sp³-hybridized carbons (Fsp3) is 0.667. The van der Waals surface area contributed by atoms with Crippen molar-refractivity contribution in [1.29, 1.82) is 0 Å². The largest absolute Gasteiger partial charge is 0.390 e. The lowest BCUT2D eigenvalue weighted by Gasteiger charge is -1.93. The van der Waals surface area contributed by atoms with Gasteiger partial charge in [0.1, 0.15) is 0 Å². The first-order valence-corrected chi connectivity index (χ1v) is 2.15. The predicted octanol–water partition coefficient (Wildman–Crippen LogP) is -0.744. The van der Waals surface area contributed by atoms with Crippen LogP contribution in [0, 0.1) is 0 Å². The average molecular weight is 100 g/mol. The van der Waals surface area contributed by atoms with Crippen molar-refractivity contribution in [2.45, 2.75) is 13.1 Å². The first-order chi connectivity index (χ1) is 3.38. The number of fused-ring (bicyclic) bond motifs is 1. The molecule has 0 aliphatic carbocycles. The van der Waals surface area contributed by atoms with Crippen LogP contribution in [-0.4, -0.2) is 9.48 Å². The summed E-state index contributed by atoms with van der Waals surface area (Å²) < 4.78 is 7.35. The summed E-state index contributed by atoms with van der Waals surface area (Å²) in [5.74, 6) is 0. The van der Waals surface area contributed by atoms with E-state index in [9.17, 15) is 4.79 Å². The van der Waals surface area contributed by atoms with Gasteiger partial charge in [0.15, 0.2) is 0 Å². The van der Waals surface area contributed by atoms with Gasteiger partial charge in [0.2, 0.25) is 0 Å². The molecule has 0 amide bonds. The minimum atomic E-state index is 0.000000000000000444. The van der Waals surface area contributed by atoms with Crippen LogP contribution >= 0.6 is 0 Å². The highest BCUT2D eigenvalue weighted by atomic mass is 16.7. The Morgan fingerprint density at radius 2 is 2.00 bits per heavy atom. The van der Waals surface area contributed by atoms with Crippen LogP contribution in [0.1, 0.15) is 0 Å². The van der Waals surface area contributed by atoms with Crippen molar-refractivity contribution in [3.05, 3.63) is 10.5 Å². The second-order valence-corrected chi connectivity index (χ2v) is 1.57. The zero-order chi connectivity index (χ0) is 4.85. The van der Waals surface area contributed by atoms with Gasteiger partial charge in [0, 0.05) is 0 Å². The SMILES string of the molecule is O=c1n2on1CC2. The predicted molar refractivity (Wildman–Crippen MR) is 21.0 cm³/mol. The third-order valence-electron chi connectivity index (χ3n) is 1.13. The molecular weight excluding hydrogens is 96.0 g/mol. The van der Waals surface area contributed by atoms with E-state index in [1.54, 1.807) is 0 Å². The van der Waals surface area contributed by atoms with Gasteiger partial charge in [-0.2, -0.15) is 0 Å². The highest BCUT2D eigenvalue weighted by molar-refractivity contribution is 4.62. The number of aromatic nitrogens is 2. The van der Waals surface area contributed by atoms with E-state index in [1.807, 2.05) is 0 Å². The van der Waals surface area contributed by atoms with Crippen LogP contribution < -0.4 is 5.69 Å². The molecule has 1 aromatic rings. The van der Waals surface area contributed by atoms with Crippen molar-refractivity contribution in [2.75, 3.05) is 0 Å². The van der Waals surface area contributed by atoms with E-state index in [0.717, 1.165) is 13.1 Å². The van der Waals surface area contributed by atoms with Gasteiger partial charge in [-0.3, -0.25) is 4.63 Å². The van der Waals surface area contributed by atoms with Crippen molar-refractivity contribution in [2.24, 2.45) is 0 Å². The van der Waals surface area contributed by atoms with E-state index in [0.29, 0.717) is 0 Å². The van der Waals surface area contributed by atoms with Crippen LogP contribution in [0.5, 0.6) is 0 Å². The van der Waals surface area contributed by atoms with E-state index in [1.165, 1.54) is 9.48 Å². The molecule has 4 nitrogen and oxygen atoms in total. The van der Waals surface area contributed by atoms with E-state index >= 15 is 0 Å². The Morgan fingerprint density at radius 1 is 1.43 bits per heavy atom. The highest BCUT2D eigenvalue weighted by Crippen LogP contribution is 1.95. The molecule has 3 rings (SSSR count). The lowest BCUT2D eigenvalue weighted by molar-refractivity contribution is 0.0941. The summed E-state index contributed by atoms with van der Waals surface area (Å²) in [6.45, 7) is 1.47. The minimum Gasteiger partial charge on any atom is -0.282 e. The summed E-state index contributed by atoms with van der Waals surface area (Å²) in [4.78, 5) is 10.4. The second-order valence-electron chi connectivity index (χ2n) is 1.57. The lowest BCUT2D eigenvalue weighted by atomic mass is 10.7. The molecule has 4 heteroatoms. The average Bonchev–Trinajstić information content (AvgIpc) is 2.18. The van der Waals surface area contributed by atoms with Crippen molar-refractivity contribution in [1.82, 2.24) is 9.48 Å². The summed E-state index contributed by atoms with van der Waals surface area (Å²) in [7, 11) is 0. The standard InChI is InChI=1S/C3H4N2O2/c6-3-4-1-2-5(3)7-4/h1-2H2. The minimum absolute atomic E-state index is 0.000000000000000444. The van der Waals surface area contributed by atoms with Gasteiger partial charge in [0.25, 0.3) is 0 Å². The zero-order valence-electron chi connectivity index (χ0n) is 3.63. The topological polar surface area (TPSA) is 40.1 Å². The monoisotopic (exact) mass is 100 g/mol. The van der Waals surface area contributed by atoms with Crippen LogP contribution in [0.25, 0.3) is 0 Å². The molecule has 0 unspecified atom stereocenters. The smallest absolute Gasteiger partial charge is 0.282 e. The number of nitrogens with zero attached hydrogens (tertiary/aromatic N) is 2. The van der Waals surface area contributed by atoms with E-state index < -0.39 is 0 Å². The van der Waals surface area contributed by atoms with E-state index in [-0.39, 0.29) is 5.69 Å². The summed E-state index contributed by atoms with van der Waals surface area (Å²) in [5.41, 5.74) is 0.000000000000000444.